The number of methoxy groups -OCH3 is 1. The van der Waals surface area contributed by atoms with Crippen LogP contribution in [0.5, 0.6) is 0 Å². The molecule has 2 heterocycles. The standard InChI is InChI=1S/C23H29N5O4/c1-3-32-20(30)11-10-19(29)25-13-6-7-14-28-18(12-15-31-2)27-21-22(28)16-8-4-5-9-17(16)26-23(21)24/h4-5,8-11H,3,6-7,12-15H2,1-2H3,(H2,24,26)(H,25,29)/b11-10+. The molecule has 0 aliphatic rings. The summed E-state index contributed by atoms with van der Waals surface area (Å²) in [7, 11) is 1.66. The Kier molecular flexibility index (Phi) is 8.15. The van der Waals surface area contributed by atoms with Crippen molar-refractivity contribution in [3.63, 3.8) is 0 Å². The lowest BCUT2D eigenvalue weighted by Gasteiger charge is -2.11. The van der Waals surface area contributed by atoms with Gasteiger partial charge in [-0.25, -0.2) is 14.8 Å². The molecular formula is C23H29N5O4. The van der Waals surface area contributed by atoms with Gasteiger partial charge in [-0.2, -0.15) is 0 Å². The van der Waals surface area contributed by atoms with Gasteiger partial charge < -0.3 is 25.1 Å². The zero-order chi connectivity index (χ0) is 22.9. The van der Waals surface area contributed by atoms with Crippen molar-refractivity contribution in [2.75, 3.05) is 32.6 Å². The van der Waals surface area contributed by atoms with Crippen LogP contribution in [0.15, 0.2) is 36.4 Å². The lowest BCUT2D eigenvalue weighted by atomic mass is 10.2. The molecule has 3 aromatic rings. The van der Waals surface area contributed by atoms with Crippen LogP contribution >= 0.6 is 0 Å². The van der Waals surface area contributed by atoms with Crippen LogP contribution in [0, 0.1) is 0 Å². The highest BCUT2D eigenvalue weighted by Gasteiger charge is 2.16. The van der Waals surface area contributed by atoms with Crippen molar-refractivity contribution < 1.29 is 19.1 Å². The van der Waals surface area contributed by atoms with Gasteiger partial charge in [-0.05, 0) is 25.8 Å². The highest BCUT2D eigenvalue weighted by Crippen LogP contribution is 2.29. The molecule has 3 N–H and O–H groups in total. The van der Waals surface area contributed by atoms with E-state index >= 15 is 0 Å². The van der Waals surface area contributed by atoms with Gasteiger partial charge in [0.1, 0.15) is 11.3 Å². The summed E-state index contributed by atoms with van der Waals surface area (Å²) >= 11 is 0. The van der Waals surface area contributed by atoms with E-state index in [-0.39, 0.29) is 12.5 Å². The number of esters is 1. The number of imidazole rings is 1. The number of hydrogen-bond donors (Lipinski definition) is 2. The molecule has 0 saturated heterocycles. The molecular weight excluding hydrogens is 410 g/mol. The first kappa shape index (κ1) is 23.2. The Morgan fingerprint density at radius 2 is 2.00 bits per heavy atom. The first-order valence-corrected chi connectivity index (χ1v) is 10.7. The number of anilines is 1. The molecule has 9 nitrogen and oxygen atoms in total. The Bertz CT molecular complexity index is 1120. The molecule has 1 aromatic carbocycles. The number of amides is 1. The van der Waals surface area contributed by atoms with Crippen molar-refractivity contribution >= 4 is 39.6 Å². The Balaban J connectivity index is 1.69. The number of para-hydroxylation sites is 1. The summed E-state index contributed by atoms with van der Waals surface area (Å²) in [6.07, 6.45) is 4.56. The van der Waals surface area contributed by atoms with E-state index in [0.717, 1.165) is 47.7 Å². The number of aryl methyl sites for hydroxylation is 1. The number of hydrogen-bond acceptors (Lipinski definition) is 7. The minimum atomic E-state index is -0.529. The molecule has 32 heavy (non-hydrogen) atoms. The number of nitrogens with one attached hydrogen (secondary N) is 1. The van der Waals surface area contributed by atoms with Gasteiger partial charge in [0, 0.05) is 44.2 Å². The summed E-state index contributed by atoms with van der Waals surface area (Å²) in [6.45, 7) is 3.76. The Labute approximate surface area is 186 Å². The largest absolute Gasteiger partial charge is 0.463 e. The number of carbonyl (C=O) groups excluding carboxylic acids is 2. The SMILES string of the molecule is CCOC(=O)/C=C/C(=O)NCCCCn1c(CCOC)nc2c(N)nc3ccccc3c21. The lowest BCUT2D eigenvalue weighted by molar-refractivity contribution is -0.137. The molecule has 0 aliphatic carbocycles. The number of nitrogens with two attached hydrogens (primary N) is 1. The van der Waals surface area contributed by atoms with Crippen LogP contribution in [-0.2, 0) is 32.0 Å². The van der Waals surface area contributed by atoms with Crippen LogP contribution in [0.1, 0.15) is 25.6 Å². The first-order chi connectivity index (χ1) is 15.5. The second-order valence-electron chi connectivity index (χ2n) is 7.22. The molecule has 170 valence electrons. The van der Waals surface area contributed by atoms with E-state index in [9.17, 15) is 9.59 Å². The average Bonchev–Trinajstić information content (AvgIpc) is 3.15. The van der Waals surface area contributed by atoms with Crippen LogP contribution in [0.3, 0.4) is 0 Å². The number of benzene rings is 1. The van der Waals surface area contributed by atoms with Crippen molar-refractivity contribution in [3.05, 3.63) is 42.2 Å². The predicted molar refractivity (Wildman–Crippen MR) is 123 cm³/mol. The summed E-state index contributed by atoms with van der Waals surface area (Å²) in [6, 6.07) is 7.88. The van der Waals surface area contributed by atoms with Crippen molar-refractivity contribution in [1.82, 2.24) is 19.9 Å². The van der Waals surface area contributed by atoms with Gasteiger partial charge in [-0.3, -0.25) is 4.79 Å². The molecule has 9 heteroatoms. The van der Waals surface area contributed by atoms with Gasteiger partial charge in [0.15, 0.2) is 5.82 Å². The molecule has 0 bridgehead atoms. The van der Waals surface area contributed by atoms with Crippen molar-refractivity contribution in [2.24, 2.45) is 0 Å². The number of fused-ring (bicyclic) bond motifs is 3. The van der Waals surface area contributed by atoms with Crippen molar-refractivity contribution in [1.29, 1.82) is 0 Å². The van der Waals surface area contributed by atoms with Crippen molar-refractivity contribution in [3.8, 4) is 0 Å². The monoisotopic (exact) mass is 439 g/mol. The molecule has 0 aliphatic heterocycles. The molecule has 3 rings (SSSR count). The molecule has 0 atom stereocenters. The zero-order valence-corrected chi connectivity index (χ0v) is 18.5. The fourth-order valence-electron chi connectivity index (χ4n) is 3.53. The third-order valence-corrected chi connectivity index (χ3v) is 4.98. The van der Waals surface area contributed by atoms with Gasteiger partial charge in [-0.1, -0.05) is 18.2 Å². The summed E-state index contributed by atoms with van der Waals surface area (Å²) in [5.74, 6) is 0.459. The van der Waals surface area contributed by atoms with E-state index in [1.807, 2.05) is 24.3 Å². The molecule has 2 aromatic heterocycles. The van der Waals surface area contributed by atoms with E-state index in [2.05, 4.69) is 14.9 Å². The van der Waals surface area contributed by atoms with E-state index in [1.165, 1.54) is 6.08 Å². The molecule has 0 saturated carbocycles. The number of unbranched alkanes of at least 4 members (excludes halogenated alkanes) is 1. The van der Waals surface area contributed by atoms with Crippen LogP contribution in [0.25, 0.3) is 21.9 Å². The number of nitrogen functional groups attached to an aromatic ring is 1. The minimum absolute atomic E-state index is 0.275. The average molecular weight is 440 g/mol. The maximum Gasteiger partial charge on any atom is 0.330 e. The maximum atomic E-state index is 11.8. The number of nitrogens with zero attached hydrogens (tertiary/aromatic N) is 3. The highest BCUT2D eigenvalue weighted by atomic mass is 16.5. The van der Waals surface area contributed by atoms with E-state index < -0.39 is 5.97 Å². The van der Waals surface area contributed by atoms with Gasteiger partial charge in [0.2, 0.25) is 5.91 Å². The Morgan fingerprint density at radius 1 is 1.19 bits per heavy atom. The highest BCUT2D eigenvalue weighted by molar-refractivity contribution is 6.06. The molecule has 1 amide bonds. The van der Waals surface area contributed by atoms with E-state index in [4.69, 9.17) is 20.2 Å². The van der Waals surface area contributed by atoms with Crippen LogP contribution in [0.2, 0.25) is 0 Å². The Hall–Kier alpha value is -3.46. The quantitative estimate of drug-likeness (QED) is 0.267. The molecule has 0 spiro atoms. The summed E-state index contributed by atoms with van der Waals surface area (Å²) in [4.78, 5) is 32.3. The molecule has 0 unspecified atom stereocenters. The van der Waals surface area contributed by atoms with E-state index in [0.29, 0.717) is 30.9 Å². The number of ether oxygens (including phenoxy) is 2. The third kappa shape index (κ3) is 5.61. The van der Waals surface area contributed by atoms with Gasteiger partial charge >= 0.3 is 5.97 Å². The van der Waals surface area contributed by atoms with Gasteiger partial charge in [0.25, 0.3) is 0 Å². The zero-order valence-electron chi connectivity index (χ0n) is 18.5. The minimum Gasteiger partial charge on any atom is -0.463 e. The fraction of sp³-hybridized carbons (Fsp3) is 0.391. The molecule has 0 radical (unpaired) electrons. The summed E-state index contributed by atoms with van der Waals surface area (Å²) in [5.41, 5.74) is 8.71. The normalized spacial score (nSPS) is 11.4. The number of pyridine rings is 1. The van der Waals surface area contributed by atoms with Crippen molar-refractivity contribution in [2.45, 2.75) is 32.7 Å². The van der Waals surface area contributed by atoms with Gasteiger partial charge in [0.05, 0.1) is 24.2 Å². The maximum absolute atomic E-state index is 11.8. The third-order valence-electron chi connectivity index (χ3n) is 4.98. The number of rotatable bonds is 11. The Morgan fingerprint density at radius 3 is 2.78 bits per heavy atom. The number of aromatic nitrogens is 3. The second-order valence-corrected chi connectivity index (χ2v) is 7.22. The smallest absolute Gasteiger partial charge is 0.330 e. The first-order valence-electron chi connectivity index (χ1n) is 10.7. The summed E-state index contributed by atoms with van der Waals surface area (Å²) in [5, 5.41) is 3.78. The molecule has 0 fully saturated rings. The summed E-state index contributed by atoms with van der Waals surface area (Å²) < 4.78 is 12.2. The van der Waals surface area contributed by atoms with Crippen LogP contribution in [-0.4, -0.2) is 53.3 Å². The lowest BCUT2D eigenvalue weighted by Crippen LogP contribution is -2.22. The predicted octanol–water partition coefficient (Wildman–Crippen LogP) is 2.37. The van der Waals surface area contributed by atoms with Crippen LogP contribution < -0.4 is 11.1 Å². The number of carbonyl (C=O) groups is 2. The van der Waals surface area contributed by atoms with Gasteiger partial charge in [-0.15, -0.1) is 0 Å². The topological polar surface area (TPSA) is 121 Å². The fourth-order valence-corrected chi connectivity index (χ4v) is 3.53. The van der Waals surface area contributed by atoms with E-state index in [1.54, 1.807) is 14.0 Å². The second kappa shape index (κ2) is 11.2. The van der Waals surface area contributed by atoms with Crippen LogP contribution in [0.4, 0.5) is 5.82 Å².